The molecule has 2 aromatic carbocycles. The second-order valence-corrected chi connectivity index (χ2v) is 6.54. The van der Waals surface area contributed by atoms with E-state index in [-0.39, 0.29) is 10.2 Å². The Morgan fingerprint density at radius 1 is 0.759 bits per heavy atom. The van der Waals surface area contributed by atoms with Gasteiger partial charge in [-0.05, 0) is 84.1 Å². The van der Waals surface area contributed by atoms with Crippen LogP contribution in [0, 0.1) is 0 Å². The number of rotatable bonds is 10. The first-order valence-electron chi connectivity index (χ1n) is 8.65. The molecular formula is C19H22N6O2S2. The fourth-order valence-electron chi connectivity index (χ4n) is 2.08. The number of nitrogens with one attached hydrogen (secondary N) is 2. The van der Waals surface area contributed by atoms with E-state index in [1.165, 1.54) is 0 Å². The zero-order chi connectivity index (χ0) is 20.9. The number of hydrogen-bond acceptors (Lipinski definition) is 6. The lowest BCUT2D eigenvalue weighted by molar-refractivity contribution is 0.247. The molecule has 0 radical (unpaired) electrons. The van der Waals surface area contributed by atoms with Gasteiger partial charge in [0.25, 0.3) is 0 Å². The SMILES string of the molecule is NC(=S)N/N=C\c1ccc(OCCCOc2ccc(/C=N\NC(N)=S)cc2)cc1. The Labute approximate surface area is 179 Å². The number of thiocarbonyl (C=S) groups is 2. The average Bonchev–Trinajstić information content (AvgIpc) is 2.69. The molecule has 0 amide bonds. The van der Waals surface area contributed by atoms with Gasteiger partial charge >= 0.3 is 0 Å². The molecule has 0 aliphatic rings. The maximum Gasteiger partial charge on any atom is 0.184 e. The van der Waals surface area contributed by atoms with E-state index in [1.54, 1.807) is 12.4 Å². The predicted molar refractivity (Wildman–Crippen MR) is 124 cm³/mol. The van der Waals surface area contributed by atoms with Crippen molar-refractivity contribution in [1.29, 1.82) is 0 Å². The van der Waals surface area contributed by atoms with E-state index in [9.17, 15) is 0 Å². The molecule has 152 valence electrons. The summed E-state index contributed by atoms with van der Waals surface area (Å²) in [5.41, 5.74) is 17.4. The molecule has 0 aliphatic heterocycles. The molecule has 0 bridgehead atoms. The first kappa shape index (κ1) is 22.1. The Morgan fingerprint density at radius 3 is 1.48 bits per heavy atom. The van der Waals surface area contributed by atoms with Crippen LogP contribution in [-0.4, -0.2) is 35.9 Å². The summed E-state index contributed by atoms with van der Waals surface area (Å²) < 4.78 is 11.4. The summed E-state index contributed by atoms with van der Waals surface area (Å²) in [5.74, 6) is 1.55. The van der Waals surface area contributed by atoms with Crippen molar-refractivity contribution in [2.24, 2.45) is 21.7 Å². The van der Waals surface area contributed by atoms with Crippen LogP contribution in [0.1, 0.15) is 17.5 Å². The Morgan fingerprint density at radius 2 is 1.14 bits per heavy atom. The minimum absolute atomic E-state index is 0.123. The van der Waals surface area contributed by atoms with Crippen molar-refractivity contribution in [3.8, 4) is 11.5 Å². The van der Waals surface area contributed by atoms with Crippen molar-refractivity contribution in [3.63, 3.8) is 0 Å². The second kappa shape index (κ2) is 12.3. The van der Waals surface area contributed by atoms with Gasteiger partial charge in [-0.25, -0.2) is 0 Å². The zero-order valence-corrected chi connectivity index (χ0v) is 17.2. The molecule has 0 saturated carbocycles. The first-order valence-corrected chi connectivity index (χ1v) is 9.47. The molecule has 29 heavy (non-hydrogen) atoms. The Bertz CT molecular complexity index is 783. The van der Waals surface area contributed by atoms with E-state index < -0.39 is 0 Å². The second-order valence-electron chi connectivity index (χ2n) is 5.66. The summed E-state index contributed by atoms with van der Waals surface area (Å²) in [6.45, 7) is 1.09. The van der Waals surface area contributed by atoms with Gasteiger partial charge in [0.15, 0.2) is 10.2 Å². The van der Waals surface area contributed by atoms with Crippen molar-refractivity contribution < 1.29 is 9.47 Å². The van der Waals surface area contributed by atoms with Crippen LogP contribution in [0.25, 0.3) is 0 Å². The highest BCUT2D eigenvalue weighted by molar-refractivity contribution is 7.80. The number of nitrogens with zero attached hydrogens (tertiary/aromatic N) is 2. The van der Waals surface area contributed by atoms with Gasteiger partial charge in [0.2, 0.25) is 0 Å². The first-order chi connectivity index (χ1) is 14.0. The van der Waals surface area contributed by atoms with E-state index in [0.29, 0.717) is 13.2 Å². The van der Waals surface area contributed by atoms with Gasteiger partial charge in [-0.2, -0.15) is 10.2 Å². The summed E-state index contributed by atoms with van der Waals surface area (Å²) in [6.07, 6.45) is 4.00. The highest BCUT2D eigenvalue weighted by Gasteiger charge is 1.97. The lowest BCUT2D eigenvalue weighted by Gasteiger charge is -2.08. The van der Waals surface area contributed by atoms with E-state index in [4.69, 9.17) is 20.9 Å². The monoisotopic (exact) mass is 430 g/mol. The highest BCUT2D eigenvalue weighted by atomic mass is 32.1. The van der Waals surface area contributed by atoms with Gasteiger partial charge < -0.3 is 20.9 Å². The van der Waals surface area contributed by atoms with Crippen molar-refractivity contribution in [1.82, 2.24) is 10.9 Å². The van der Waals surface area contributed by atoms with Crippen LogP contribution in [0.4, 0.5) is 0 Å². The summed E-state index contributed by atoms with van der Waals surface area (Å²) >= 11 is 9.34. The topological polar surface area (TPSA) is 119 Å². The smallest absolute Gasteiger partial charge is 0.184 e. The predicted octanol–water partition coefficient (Wildman–Crippen LogP) is 1.87. The van der Waals surface area contributed by atoms with Gasteiger partial charge in [0.1, 0.15) is 11.5 Å². The van der Waals surface area contributed by atoms with E-state index in [0.717, 1.165) is 29.0 Å². The normalized spacial score (nSPS) is 10.8. The quantitative estimate of drug-likeness (QED) is 0.195. The third-order valence-electron chi connectivity index (χ3n) is 3.36. The molecule has 0 aromatic heterocycles. The lowest BCUT2D eigenvalue weighted by atomic mass is 10.2. The fourth-order valence-corrected chi connectivity index (χ4v) is 2.19. The molecule has 0 heterocycles. The minimum atomic E-state index is 0.123. The third kappa shape index (κ3) is 9.49. The summed E-state index contributed by atoms with van der Waals surface area (Å²) in [5, 5.41) is 8.03. The molecule has 0 aliphatic carbocycles. The Balaban J connectivity index is 1.65. The van der Waals surface area contributed by atoms with Crippen LogP contribution in [0.3, 0.4) is 0 Å². The van der Waals surface area contributed by atoms with E-state index in [2.05, 4.69) is 45.5 Å². The number of hydrogen-bond donors (Lipinski definition) is 4. The third-order valence-corrected chi connectivity index (χ3v) is 3.55. The maximum atomic E-state index is 5.70. The van der Waals surface area contributed by atoms with Crippen molar-refractivity contribution in [2.45, 2.75) is 6.42 Å². The van der Waals surface area contributed by atoms with Crippen molar-refractivity contribution in [2.75, 3.05) is 13.2 Å². The van der Waals surface area contributed by atoms with E-state index in [1.807, 2.05) is 48.5 Å². The number of ether oxygens (including phenoxy) is 2. The van der Waals surface area contributed by atoms with Crippen LogP contribution in [-0.2, 0) is 0 Å². The molecule has 0 fully saturated rings. The van der Waals surface area contributed by atoms with Crippen molar-refractivity contribution in [3.05, 3.63) is 59.7 Å². The van der Waals surface area contributed by atoms with Crippen LogP contribution in [0.5, 0.6) is 11.5 Å². The minimum Gasteiger partial charge on any atom is -0.493 e. The van der Waals surface area contributed by atoms with Gasteiger partial charge in [0.05, 0.1) is 25.6 Å². The summed E-state index contributed by atoms with van der Waals surface area (Å²) in [4.78, 5) is 0. The maximum absolute atomic E-state index is 5.70. The van der Waals surface area contributed by atoms with Crippen LogP contribution in [0.2, 0.25) is 0 Å². The Kier molecular flexibility index (Phi) is 9.33. The Hall–Kier alpha value is -3.24. The molecule has 2 rings (SSSR count). The van der Waals surface area contributed by atoms with Crippen LogP contribution >= 0.6 is 24.4 Å². The molecule has 0 atom stereocenters. The standard InChI is InChI=1S/C19H22N6O2S2/c20-18(28)24-22-12-14-2-6-16(7-3-14)26-10-1-11-27-17-8-4-15(5-9-17)13-23-25-19(21)29/h2-9,12-13H,1,10-11H2,(H3,20,24,28)(H3,21,25,29)/b22-12-,23-13-. The van der Waals surface area contributed by atoms with Crippen LogP contribution in [0.15, 0.2) is 58.7 Å². The molecule has 6 N–H and O–H groups in total. The molecule has 0 saturated heterocycles. The van der Waals surface area contributed by atoms with Gasteiger partial charge in [0, 0.05) is 6.42 Å². The van der Waals surface area contributed by atoms with Gasteiger partial charge in [-0.3, -0.25) is 10.9 Å². The largest absolute Gasteiger partial charge is 0.493 e. The van der Waals surface area contributed by atoms with Gasteiger partial charge in [-0.1, -0.05) is 0 Å². The molecule has 2 aromatic rings. The summed E-state index contributed by atoms with van der Waals surface area (Å²) in [6, 6.07) is 15.0. The number of hydrazone groups is 2. The zero-order valence-electron chi connectivity index (χ0n) is 15.6. The van der Waals surface area contributed by atoms with Crippen molar-refractivity contribution >= 4 is 47.1 Å². The number of nitrogens with two attached hydrogens (primary N) is 2. The van der Waals surface area contributed by atoms with E-state index >= 15 is 0 Å². The highest BCUT2D eigenvalue weighted by Crippen LogP contribution is 2.13. The fraction of sp³-hybridized carbons (Fsp3) is 0.158. The van der Waals surface area contributed by atoms with Crippen LogP contribution < -0.4 is 31.8 Å². The number of benzene rings is 2. The molecule has 0 unspecified atom stereocenters. The van der Waals surface area contributed by atoms with Gasteiger partial charge in [-0.15, -0.1) is 0 Å². The lowest BCUT2D eigenvalue weighted by Crippen LogP contribution is -2.23. The molecule has 0 spiro atoms. The average molecular weight is 431 g/mol. The molecule has 10 heteroatoms. The summed E-state index contributed by atoms with van der Waals surface area (Å²) in [7, 11) is 0. The molecule has 8 nitrogen and oxygen atoms in total. The molecular weight excluding hydrogens is 408 g/mol.